The summed E-state index contributed by atoms with van der Waals surface area (Å²) >= 11 is 0. The van der Waals surface area contributed by atoms with Gasteiger partial charge >= 0.3 is 0 Å². The molecule has 1 fully saturated rings. The molecular weight excluding hydrogens is 242 g/mol. The van der Waals surface area contributed by atoms with Gasteiger partial charge < -0.3 is 20.3 Å². The van der Waals surface area contributed by atoms with Gasteiger partial charge in [0.1, 0.15) is 5.75 Å². The number of nitrogen functional groups attached to an aromatic ring is 1. The van der Waals surface area contributed by atoms with Crippen molar-refractivity contribution in [3.05, 3.63) is 23.8 Å². The van der Waals surface area contributed by atoms with Gasteiger partial charge in [-0.3, -0.25) is 4.79 Å². The first-order chi connectivity index (χ1) is 9.02. The number of likely N-dealkylation sites (tertiary alicyclic amines) is 1. The number of ether oxygens (including phenoxy) is 1. The SMILES string of the molecule is COc1cc(N)ccc1C(=O)N1CCC(N(C)C)C1. The molecule has 0 radical (unpaired) electrons. The Balaban J connectivity index is 2.17. The van der Waals surface area contributed by atoms with E-state index in [0.29, 0.717) is 23.0 Å². The lowest BCUT2D eigenvalue weighted by Crippen LogP contribution is -2.34. The molecule has 1 aromatic carbocycles. The normalized spacial score (nSPS) is 18.9. The van der Waals surface area contributed by atoms with Crippen LogP contribution in [-0.2, 0) is 0 Å². The molecular formula is C14H21N3O2. The van der Waals surface area contributed by atoms with E-state index in [1.165, 1.54) is 0 Å². The topological polar surface area (TPSA) is 58.8 Å². The van der Waals surface area contributed by atoms with Gasteiger partial charge in [0.2, 0.25) is 0 Å². The fraction of sp³-hybridized carbons (Fsp3) is 0.500. The van der Waals surface area contributed by atoms with Crippen LogP contribution in [0, 0.1) is 0 Å². The van der Waals surface area contributed by atoms with Crippen molar-refractivity contribution in [2.45, 2.75) is 12.5 Å². The molecule has 2 N–H and O–H groups in total. The third kappa shape index (κ3) is 2.81. The van der Waals surface area contributed by atoms with Crippen LogP contribution < -0.4 is 10.5 Å². The fourth-order valence-corrected chi connectivity index (χ4v) is 2.40. The van der Waals surface area contributed by atoms with Gasteiger partial charge in [-0.05, 0) is 32.6 Å². The number of hydrogen-bond donors (Lipinski definition) is 1. The third-order valence-electron chi connectivity index (χ3n) is 3.64. The summed E-state index contributed by atoms with van der Waals surface area (Å²) in [5, 5.41) is 0. The van der Waals surface area contributed by atoms with Gasteiger partial charge in [-0.15, -0.1) is 0 Å². The van der Waals surface area contributed by atoms with Crippen molar-refractivity contribution in [3.8, 4) is 5.75 Å². The maximum absolute atomic E-state index is 12.5. The molecule has 1 saturated heterocycles. The van der Waals surface area contributed by atoms with Crippen LogP contribution in [0.25, 0.3) is 0 Å². The Hall–Kier alpha value is -1.75. The van der Waals surface area contributed by atoms with Crippen LogP contribution in [0.2, 0.25) is 0 Å². The van der Waals surface area contributed by atoms with Crippen molar-refractivity contribution in [2.24, 2.45) is 0 Å². The van der Waals surface area contributed by atoms with Gasteiger partial charge in [0.25, 0.3) is 5.91 Å². The molecule has 0 aliphatic carbocycles. The average Bonchev–Trinajstić information content (AvgIpc) is 2.87. The number of methoxy groups -OCH3 is 1. The molecule has 1 aliphatic rings. The van der Waals surface area contributed by atoms with Crippen molar-refractivity contribution in [1.29, 1.82) is 0 Å². The Morgan fingerprint density at radius 3 is 2.79 bits per heavy atom. The van der Waals surface area contributed by atoms with E-state index in [0.717, 1.165) is 19.5 Å². The molecule has 0 bridgehead atoms. The molecule has 0 saturated carbocycles. The highest BCUT2D eigenvalue weighted by atomic mass is 16.5. The van der Waals surface area contributed by atoms with E-state index >= 15 is 0 Å². The predicted octanol–water partition coefficient (Wildman–Crippen LogP) is 1.05. The first-order valence-electron chi connectivity index (χ1n) is 6.42. The van der Waals surface area contributed by atoms with Gasteiger partial charge in [0.05, 0.1) is 12.7 Å². The molecule has 2 rings (SSSR count). The van der Waals surface area contributed by atoms with E-state index in [1.807, 2.05) is 19.0 Å². The second kappa shape index (κ2) is 5.48. The lowest BCUT2D eigenvalue weighted by atomic mass is 10.1. The highest BCUT2D eigenvalue weighted by Crippen LogP contribution is 2.25. The number of likely N-dealkylation sites (N-methyl/N-ethyl adjacent to an activating group) is 1. The van der Waals surface area contributed by atoms with Gasteiger partial charge in [0.15, 0.2) is 0 Å². The van der Waals surface area contributed by atoms with Gasteiger partial charge in [0, 0.05) is 30.9 Å². The molecule has 0 spiro atoms. The van der Waals surface area contributed by atoms with Crippen LogP contribution in [0.5, 0.6) is 5.75 Å². The van der Waals surface area contributed by atoms with Crippen molar-refractivity contribution in [1.82, 2.24) is 9.80 Å². The van der Waals surface area contributed by atoms with Crippen LogP contribution in [0.1, 0.15) is 16.8 Å². The van der Waals surface area contributed by atoms with Crippen LogP contribution >= 0.6 is 0 Å². The number of rotatable bonds is 3. The average molecular weight is 263 g/mol. The van der Waals surface area contributed by atoms with E-state index in [1.54, 1.807) is 25.3 Å². The molecule has 1 amide bonds. The predicted molar refractivity (Wildman–Crippen MR) is 75.4 cm³/mol. The minimum atomic E-state index is 0.0150. The smallest absolute Gasteiger partial charge is 0.257 e. The summed E-state index contributed by atoms with van der Waals surface area (Å²) in [6.45, 7) is 1.55. The largest absolute Gasteiger partial charge is 0.496 e. The van der Waals surface area contributed by atoms with Gasteiger partial charge in [-0.25, -0.2) is 0 Å². The van der Waals surface area contributed by atoms with E-state index in [9.17, 15) is 4.79 Å². The summed E-state index contributed by atoms with van der Waals surface area (Å²) in [6, 6.07) is 5.59. The molecule has 0 aromatic heterocycles. The maximum Gasteiger partial charge on any atom is 0.257 e. The summed E-state index contributed by atoms with van der Waals surface area (Å²) in [4.78, 5) is 16.5. The maximum atomic E-state index is 12.5. The first-order valence-corrected chi connectivity index (χ1v) is 6.42. The second-order valence-electron chi connectivity index (χ2n) is 5.12. The zero-order valence-corrected chi connectivity index (χ0v) is 11.7. The molecule has 5 heteroatoms. The molecule has 1 aromatic rings. The zero-order chi connectivity index (χ0) is 14.0. The molecule has 1 heterocycles. The Bertz CT molecular complexity index is 474. The number of benzene rings is 1. The number of hydrogen-bond acceptors (Lipinski definition) is 4. The summed E-state index contributed by atoms with van der Waals surface area (Å²) in [5.74, 6) is 0.555. The number of amides is 1. The summed E-state index contributed by atoms with van der Waals surface area (Å²) in [6.07, 6.45) is 1.01. The Morgan fingerprint density at radius 1 is 1.47 bits per heavy atom. The number of anilines is 1. The molecule has 1 aliphatic heterocycles. The monoisotopic (exact) mass is 263 g/mol. The standard InChI is InChI=1S/C14H21N3O2/c1-16(2)11-6-7-17(9-11)14(18)12-5-4-10(15)8-13(12)19-3/h4-5,8,11H,6-7,9,15H2,1-3H3. The molecule has 1 unspecified atom stereocenters. The fourth-order valence-electron chi connectivity index (χ4n) is 2.40. The summed E-state index contributed by atoms with van der Waals surface area (Å²) in [5.41, 5.74) is 6.88. The number of carbonyl (C=O) groups is 1. The molecule has 1 atom stereocenters. The Morgan fingerprint density at radius 2 is 2.21 bits per heavy atom. The number of nitrogens with two attached hydrogens (primary N) is 1. The molecule has 19 heavy (non-hydrogen) atoms. The zero-order valence-electron chi connectivity index (χ0n) is 11.7. The van der Waals surface area contributed by atoms with Crippen molar-refractivity contribution >= 4 is 11.6 Å². The minimum Gasteiger partial charge on any atom is -0.496 e. The first kappa shape index (κ1) is 13.7. The second-order valence-corrected chi connectivity index (χ2v) is 5.12. The van der Waals surface area contributed by atoms with Gasteiger partial charge in [-0.1, -0.05) is 0 Å². The van der Waals surface area contributed by atoms with E-state index in [-0.39, 0.29) is 5.91 Å². The Labute approximate surface area is 113 Å². The Kier molecular flexibility index (Phi) is 3.95. The highest BCUT2D eigenvalue weighted by Gasteiger charge is 2.29. The number of carbonyl (C=O) groups excluding carboxylic acids is 1. The van der Waals surface area contributed by atoms with E-state index < -0.39 is 0 Å². The summed E-state index contributed by atoms with van der Waals surface area (Å²) in [7, 11) is 5.64. The van der Waals surface area contributed by atoms with Crippen molar-refractivity contribution < 1.29 is 9.53 Å². The quantitative estimate of drug-likeness (QED) is 0.828. The highest BCUT2D eigenvalue weighted by molar-refractivity contribution is 5.97. The van der Waals surface area contributed by atoms with Crippen LogP contribution in [0.15, 0.2) is 18.2 Å². The number of nitrogens with zero attached hydrogens (tertiary/aromatic N) is 2. The third-order valence-corrected chi connectivity index (χ3v) is 3.64. The van der Waals surface area contributed by atoms with Crippen LogP contribution in [-0.4, -0.2) is 56.0 Å². The van der Waals surface area contributed by atoms with Crippen molar-refractivity contribution in [2.75, 3.05) is 40.0 Å². The lowest BCUT2D eigenvalue weighted by molar-refractivity contribution is 0.0780. The van der Waals surface area contributed by atoms with Crippen LogP contribution in [0.3, 0.4) is 0 Å². The van der Waals surface area contributed by atoms with E-state index in [4.69, 9.17) is 10.5 Å². The van der Waals surface area contributed by atoms with E-state index in [2.05, 4.69) is 4.90 Å². The minimum absolute atomic E-state index is 0.0150. The lowest BCUT2D eigenvalue weighted by Gasteiger charge is -2.21. The molecule has 104 valence electrons. The molecule has 5 nitrogen and oxygen atoms in total. The van der Waals surface area contributed by atoms with Crippen molar-refractivity contribution in [3.63, 3.8) is 0 Å². The van der Waals surface area contributed by atoms with Gasteiger partial charge in [-0.2, -0.15) is 0 Å². The summed E-state index contributed by atoms with van der Waals surface area (Å²) < 4.78 is 5.24. The van der Waals surface area contributed by atoms with Crippen LogP contribution in [0.4, 0.5) is 5.69 Å².